The molecule has 0 aliphatic heterocycles. The van der Waals surface area contributed by atoms with Gasteiger partial charge in [-0.15, -0.1) is 0 Å². The van der Waals surface area contributed by atoms with E-state index in [9.17, 15) is 9.90 Å². The number of urea groups is 1. The minimum absolute atomic E-state index is 0.109. The van der Waals surface area contributed by atoms with Crippen LogP contribution in [-0.4, -0.2) is 69.1 Å². The van der Waals surface area contributed by atoms with Crippen molar-refractivity contribution in [2.75, 3.05) is 46.9 Å². The maximum atomic E-state index is 11.2. The molecule has 1 unspecified atom stereocenters. The van der Waals surface area contributed by atoms with Crippen LogP contribution in [0.5, 0.6) is 0 Å². The fraction of sp³-hybridized carbons (Fsp3) is 0.929. The summed E-state index contributed by atoms with van der Waals surface area (Å²) < 4.78 is 5.40. The summed E-state index contributed by atoms with van der Waals surface area (Å²) in [5, 5.41) is 15.5. The molecule has 20 heavy (non-hydrogen) atoms. The molecule has 6 heteroatoms. The van der Waals surface area contributed by atoms with Crippen LogP contribution in [0.25, 0.3) is 0 Å². The van der Waals surface area contributed by atoms with Crippen LogP contribution in [0.2, 0.25) is 0 Å². The quantitative estimate of drug-likeness (QED) is 0.465. The third-order valence-corrected chi connectivity index (χ3v) is 2.82. The minimum atomic E-state index is -0.495. The number of nitrogens with one attached hydrogen (secondary N) is 2. The van der Waals surface area contributed by atoms with Crippen LogP contribution in [0.1, 0.15) is 32.6 Å². The number of unbranched alkanes of at least 4 members (excludes halogenated alkanes) is 3. The van der Waals surface area contributed by atoms with Gasteiger partial charge in [0.05, 0.1) is 12.7 Å². The van der Waals surface area contributed by atoms with E-state index in [-0.39, 0.29) is 6.03 Å². The number of carbonyl (C=O) groups excluding carboxylic acids is 1. The zero-order chi connectivity index (χ0) is 15.2. The third kappa shape index (κ3) is 12.2. The fourth-order valence-corrected chi connectivity index (χ4v) is 1.59. The molecule has 0 saturated heterocycles. The monoisotopic (exact) mass is 289 g/mol. The van der Waals surface area contributed by atoms with Crippen molar-refractivity contribution in [2.24, 2.45) is 0 Å². The number of aliphatic hydroxyl groups is 1. The Bertz CT molecular complexity index is 238. The highest BCUT2D eigenvalue weighted by atomic mass is 16.5. The molecular formula is C14H31N3O3. The van der Waals surface area contributed by atoms with E-state index in [1.807, 2.05) is 0 Å². The van der Waals surface area contributed by atoms with Crippen LogP contribution in [0, 0.1) is 0 Å². The van der Waals surface area contributed by atoms with E-state index in [4.69, 9.17) is 4.74 Å². The summed E-state index contributed by atoms with van der Waals surface area (Å²) in [5.41, 5.74) is 0. The van der Waals surface area contributed by atoms with E-state index in [1.165, 1.54) is 24.2 Å². The summed E-state index contributed by atoms with van der Waals surface area (Å²) in [7, 11) is 3.40. The smallest absolute Gasteiger partial charge is 0.316 e. The van der Waals surface area contributed by atoms with Gasteiger partial charge in [-0.1, -0.05) is 26.2 Å². The topological polar surface area (TPSA) is 73.8 Å². The van der Waals surface area contributed by atoms with Gasteiger partial charge in [0, 0.05) is 40.3 Å². The van der Waals surface area contributed by atoms with Crippen molar-refractivity contribution in [3.8, 4) is 0 Å². The number of aliphatic hydroxyl groups excluding tert-OH is 1. The molecule has 0 aromatic heterocycles. The molecule has 0 spiro atoms. The summed E-state index contributed by atoms with van der Waals surface area (Å²) >= 11 is 0. The van der Waals surface area contributed by atoms with E-state index >= 15 is 0 Å². The van der Waals surface area contributed by atoms with Gasteiger partial charge in [-0.05, 0) is 6.42 Å². The van der Waals surface area contributed by atoms with Gasteiger partial charge in [0.1, 0.15) is 0 Å². The zero-order valence-corrected chi connectivity index (χ0v) is 13.2. The molecule has 0 radical (unpaired) electrons. The first-order valence-corrected chi connectivity index (χ1v) is 7.49. The van der Waals surface area contributed by atoms with E-state index in [2.05, 4.69) is 17.6 Å². The molecule has 1 atom stereocenters. The molecule has 0 rings (SSSR count). The predicted octanol–water partition coefficient (Wildman–Crippen LogP) is 0.805. The summed E-state index contributed by atoms with van der Waals surface area (Å²) in [5.74, 6) is 0. The van der Waals surface area contributed by atoms with Crippen molar-refractivity contribution in [1.82, 2.24) is 15.5 Å². The molecule has 0 aromatic rings. The molecule has 0 aliphatic rings. The first kappa shape index (κ1) is 19.1. The summed E-state index contributed by atoms with van der Waals surface area (Å²) in [4.78, 5) is 12.7. The Kier molecular flexibility index (Phi) is 12.6. The molecule has 0 aliphatic carbocycles. The van der Waals surface area contributed by atoms with Crippen LogP contribution in [-0.2, 0) is 4.74 Å². The Hall–Kier alpha value is -0.850. The van der Waals surface area contributed by atoms with Crippen molar-refractivity contribution in [3.05, 3.63) is 0 Å². The maximum Gasteiger partial charge on any atom is 0.316 e. The summed E-state index contributed by atoms with van der Waals surface area (Å²) in [6, 6.07) is -0.109. The van der Waals surface area contributed by atoms with Gasteiger partial charge in [-0.25, -0.2) is 4.79 Å². The largest absolute Gasteiger partial charge is 0.389 e. The van der Waals surface area contributed by atoms with Gasteiger partial charge in [0.15, 0.2) is 0 Å². The van der Waals surface area contributed by atoms with Crippen molar-refractivity contribution >= 4 is 6.03 Å². The zero-order valence-electron chi connectivity index (χ0n) is 13.2. The minimum Gasteiger partial charge on any atom is -0.389 e. The summed E-state index contributed by atoms with van der Waals surface area (Å²) in [6.07, 6.45) is 4.22. The van der Waals surface area contributed by atoms with E-state index < -0.39 is 6.10 Å². The Labute approximate surface area is 122 Å². The van der Waals surface area contributed by atoms with Crippen LogP contribution < -0.4 is 10.6 Å². The lowest BCUT2D eigenvalue weighted by Crippen LogP contribution is -2.40. The first-order chi connectivity index (χ1) is 9.57. The second-order valence-electron chi connectivity index (χ2n) is 5.12. The second kappa shape index (κ2) is 13.1. The number of carbonyl (C=O) groups is 1. The lowest BCUT2D eigenvalue weighted by Gasteiger charge is -2.14. The van der Waals surface area contributed by atoms with E-state index in [1.54, 1.807) is 14.1 Å². The molecule has 0 heterocycles. The molecular weight excluding hydrogens is 258 g/mol. The highest BCUT2D eigenvalue weighted by Crippen LogP contribution is 1.99. The first-order valence-electron chi connectivity index (χ1n) is 7.49. The SMILES string of the molecule is CCCCCCOCC(O)CNCCNC(=O)N(C)C. The van der Waals surface area contributed by atoms with Crippen molar-refractivity contribution in [1.29, 1.82) is 0 Å². The molecule has 0 saturated carbocycles. The van der Waals surface area contributed by atoms with Crippen molar-refractivity contribution in [3.63, 3.8) is 0 Å². The van der Waals surface area contributed by atoms with Crippen molar-refractivity contribution < 1.29 is 14.6 Å². The third-order valence-electron chi connectivity index (χ3n) is 2.82. The number of rotatable bonds is 12. The normalized spacial score (nSPS) is 12.2. The van der Waals surface area contributed by atoms with Gasteiger partial charge in [0.25, 0.3) is 0 Å². The molecule has 6 nitrogen and oxygen atoms in total. The van der Waals surface area contributed by atoms with Gasteiger partial charge in [-0.3, -0.25) is 0 Å². The molecule has 0 bridgehead atoms. The molecule has 120 valence electrons. The number of hydrogen-bond donors (Lipinski definition) is 3. The Morgan fingerprint density at radius 3 is 2.65 bits per heavy atom. The average Bonchev–Trinajstić information content (AvgIpc) is 2.41. The van der Waals surface area contributed by atoms with Gasteiger partial charge in [-0.2, -0.15) is 0 Å². The van der Waals surface area contributed by atoms with Gasteiger partial charge in [0.2, 0.25) is 0 Å². The number of nitrogens with zero attached hydrogens (tertiary/aromatic N) is 1. The van der Waals surface area contributed by atoms with Gasteiger partial charge < -0.3 is 25.4 Å². The number of amides is 2. The average molecular weight is 289 g/mol. The van der Waals surface area contributed by atoms with Gasteiger partial charge >= 0.3 is 6.03 Å². The number of ether oxygens (including phenoxy) is 1. The lowest BCUT2D eigenvalue weighted by molar-refractivity contribution is 0.0356. The van der Waals surface area contributed by atoms with Crippen LogP contribution in [0.15, 0.2) is 0 Å². The fourth-order valence-electron chi connectivity index (χ4n) is 1.59. The maximum absolute atomic E-state index is 11.2. The summed E-state index contributed by atoms with van der Waals surface area (Å²) in [6.45, 7) is 4.91. The Balaban J connectivity index is 3.28. The predicted molar refractivity (Wildman–Crippen MR) is 80.9 cm³/mol. The molecule has 2 amide bonds. The number of hydrogen-bond acceptors (Lipinski definition) is 4. The molecule has 3 N–H and O–H groups in total. The standard InChI is InChI=1S/C14H31N3O3/c1-4-5-6-7-10-20-12-13(18)11-15-8-9-16-14(19)17(2)3/h13,15,18H,4-12H2,1-3H3,(H,16,19). The molecule has 0 fully saturated rings. The lowest BCUT2D eigenvalue weighted by atomic mass is 10.2. The van der Waals surface area contributed by atoms with Crippen LogP contribution in [0.3, 0.4) is 0 Å². The highest BCUT2D eigenvalue weighted by Gasteiger charge is 2.04. The highest BCUT2D eigenvalue weighted by molar-refractivity contribution is 5.73. The van der Waals surface area contributed by atoms with Crippen LogP contribution >= 0.6 is 0 Å². The second-order valence-corrected chi connectivity index (χ2v) is 5.12. The van der Waals surface area contributed by atoms with E-state index in [0.717, 1.165) is 13.0 Å². The Morgan fingerprint density at radius 2 is 2.00 bits per heavy atom. The van der Waals surface area contributed by atoms with Crippen LogP contribution in [0.4, 0.5) is 4.79 Å². The molecule has 0 aromatic carbocycles. The van der Waals surface area contributed by atoms with Crippen molar-refractivity contribution in [2.45, 2.75) is 38.7 Å². The van der Waals surface area contributed by atoms with E-state index in [0.29, 0.717) is 26.2 Å². The Morgan fingerprint density at radius 1 is 1.25 bits per heavy atom.